The van der Waals surface area contributed by atoms with Gasteiger partial charge in [0.05, 0.1) is 19.8 Å². The minimum atomic E-state index is 0.255. The molecule has 1 aliphatic rings. The fourth-order valence-electron chi connectivity index (χ4n) is 1.73. The highest BCUT2D eigenvalue weighted by molar-refractivity contribution is 5.79. The molecule has 0 spiro atoms. The molecule has 1 aliphatic heterocycles. The molecule has 0 atom stereocenters. The molecule has 0 radical (unpaired) electrons. The van der Waals surface area contributed by atoms with Crippen LogP contribution in [0.25, 0.3) is 0 Å². The van der Waals surface area contributed by atoms with Crippen molar-refractivity contribution in [3.8, 4) is 0 Å². The Morgan fingerprint density at radius 3 is 2.58 bits per heavy atom. The van der Waals surface area contributed by atoms with Gasteiger partial charge in [-0.1, -0.05) is 20.8 Å². The summed E-state index contributed by atoms with van der Waals surface area (Å²) in [7, 11) is 1.79. The van der Waals surface area contributed by atoms with Crippen molar-refractivity contribution in [2.24, 2.45) is 16.3 Å². The standard InChI is InChI=1S/C14H29N3O2/c1-12(2)5-7-18-8-6-16-13(15-4)17-9-14(3)10-19-11-14/h12H,5-11H2,1-4H3,(H2,15,16,17). The SMILES string of the molecule is CN=C(NCCOCCC(C)C)NCC1(C)COC1. The van der Waals surface area contributed by atoms with E-state index < -0.39 is 0 Å². The molecule has 0 saturated carbocycles. The number of ether oxygens (including phenoxy) is 2. The average molecular weight is 271 g/mol. The van der Waals surface area contributed by atoms with E-state index in [1.807, 2.05) is 0 Å². The second kappa shape index (κ2) is 8.38. The molecule has 112 valence electrons. The zero-order valence-electron chi connectivity index (χ0n) is 12.8. The van der Waals surface area contributed by atoms with Crippen molar-refractivity contribution in [1.82, 2.24) is 10.6 Å². The molecular weight excluding hydrogens is 242 g/mol. The minimum absolute atomic E-state index is 0.255. The van der Waals surface area contributed by atoms with E-state index in [-0.39, 0.29) is 5.41 Å². The molecule has 1 fully saturated rings. The molecule has 0 amide bonds. The van der Waals surface area contributed by atoms with Crippen molar-refractivity contribution in [2.75, 3.05) is 46.6 Å². The van der Waals surface area contributed by atoms with Crippen molar-refractivity contribution in [3.63, 3.8) is 0 Å². The summed E-state index contributed by atoms with van der Waals surface area (Å²) in [6.45, 7) is 11.5. The molecule has 0 aromatic rings. The van der Waals surface area contributed by atoms with E-state index in [9.17, 15) is 0 Å². The van der Waals surface area contributed by atoms with Crippen molar-refractivity contribution in [3.05, 3.63) is 0 Å². The van der Waals surface area contributed by atoms with Gasteiger partial charge in [0.2, 0.25) is 0 Å². The largest absolute Gasteiger partial charge is 0.380 e. The van der Waals surface area contributed by atoms with Gasteiger partial charge >= 0.3 is 0 Å². The van der Waals surface area contributed by atoms with Crippen molar-refractivity contribution in [2.45, 2.75) is 27.2 Å². The Labute approximate surface area is 117 Å². The fraction of sp³-hybridized carbons (Fsp3) is 0.929. The van der Waals surface area contributed by atoms with Crippen LogP contribution in [-0.2, 0) is 9.47 Å². The molecule has 0 bridgehead atoms. The maximum atomic E-state index is 5.55. The number of nitrogens with zero attached hydrogens (tertiary/aromatic N) is 1. The highest BCUT2D eigenvalue weighted by Gasteiger charge is 2.33. The number of guanidine groups is 1. The molecule has 2 N–H and O–H groups in total. The average Bonchev–Trinajstić information content (AvgIpc) is 2.34. The molecule has 1 rings (SSSR count). The molecular formula is C14H29N3O2. The van der Waals surface area contributed by atoms with Gasteiger partial charge in [-0.15, -0.1) is 0 Å². The van der Waals surface area contributed by atoms with Crippen LogP contribution in [-0.4, -0.2) is 52.5 Å². The molecule has 1 heterocycles. The normalized spacial score (nSPS) is 18.3. The van der Waals surface area contributed by atoms with E-state index in [0.717, 1.165) is 45.3 Å². The summed E-state index contributed by atoms with van der Waals surface area (Å²) in [5.74, 6) is 1.54. The summed E-state index contributed by atoms with van der Waals surface area (Å²) in [6.07, 6.45) is 1.12. The van der Waals surface area contributed by atoms with Gasteiger partial charge in [-0.2, -0.15) is 0 Å². The van der Waals surface area contributed by atoms with E-state index in [0.29, 0.717) is 12.5 Å². The van der Waals surface area contributed by atoms with Crippen molar-refractivity contribution >= 4 is 5.96 Å². The lowest BCUT2D eigenvalue weighted by molar-refractivity contribution is -0.0971. The Morgan fingerprint density at radius 1 is 1.32 bits per heavy atom. The van der Waals surface area contributed by atoms with E-state index in [2.05, 4.69) is 36.4 Å². The first-order valence-corrected chi connectivity index (χ1v) is 7.16. The lowest BCUT2D eigenvalue weighted by Crippen LogP contribution is -2.51. The van der Waals surface area contributed by atoms with Crippen LogP contribution >= 0.6 is 0 Å². The Bertz CT molecular complexity index is 276. The third kappa shape index (κ3) is 6.78. The quantitative estimate of drug-likeness (QED) is 0.396. The predicted octanol–water partition coefficient (Wildman–Crippen LogP) is 1.25. The molecule has 1 saturated heterocycles. The number of rotatable bonds is 8. The Morgan fingerprint density at radius 2 is 2.05 bits per heavy atom. The first kappa shape index (κ1) is 16.2. The Balaban J connectivity index is 2.02. The lowest BCUT2D eigenvalue weighted by atomic mass is 9.89. The first-order chi connectivity index (χ1) is 9.06. The minimum Gasteiger partial charge on any atom is -0.380 e. The van der Waals surface area contributed by atoms with Crippen LogP contribution in [0.1, 0.15) is 27.2 Å². The van der Waals surface area contributed by atoms with Crippen LogP contribution in [0.4, 0.5) is 0 Å². The summed E-state index contributed by atoms with van der Waals surface area (Å²) >= 11 is 0. The zero-order chi connectivity index (χ0) is 14.1. The van der Waals surface area contributed by atoms with E-state index in [1.165, 1.54) is 0 Å². The van der Waals surface area contributed by atoms with Gasteiger partial charge in [0.1, 0.15) is 0 Å². The Hall–Kier alpha value is -0.810. The lowest BCUT2D eigenvalue weighted by Gasteiger charge is -2.38. The van der Waals surface area contributed by atoms with Gasteiger partial charge in [0.15, 0.2) is 5.96 Å². The molecule has 0 aliphatic carbocycles. The summed E-state index contributed by atoms with van der Waals surface area (Å²) in [4.78, 5) is 4.19. The topological polar surface area (TPSA) is 54.9 Å². The maximum Gasteiger partial charge on any atom is 0.191 e. The van der Waals surface area contributed by atoms with Gasteiger partial charge in [0.25, 0.3) is 0 Å². The number of nitrogens with one attached hydrogen (secondary N) is 2. The van der Waals surface area contributed by atoms with Crippen molar-refractivity contribution < 1.29 is 9.47 Å². The molecule has 0 aromatic heterocycles. The maximum absolute atomic E-state index is 5.55. The van der Waals surface area contributed by atoms with Crippen LogP contribution in [0.15, 0.2) is 4.99 Å². The van der Waals surface area contributed by atoms with Gasteiger partial charge in [-0.05, 0) is 12.3 Å². The van der Waals surface area contributed by atoms with Gasteiger partial charge < -0.3 is 20.1 Å². The van der Waals surface area contributed by atoms with E-state index in [1.54, 1.807) is 7.05 Å². The summed E-state index contributed by atoms with van der Waals surface area (Å²) in [5.41, 5.74) is 0.255. The van der Waals surface area contributed by atoms with Gasteiger partial charge in [-0.25, -0.2) is 0 Å². The molecule has 5 nitrogen and oxygen atoms in total. The molecule has 19 heavy (non-hydrogen) atoms. The van der Waals surface area contributed by atoms with Crippen LogP contribution < -0.4 is 10.6 Å². The highest BCUT2D eigenvalue weighted by Crippen LogP contribution is 2.24. The van der Waals surface area contributed by atoms with E-state index in [4.69, 9.17) is 9.47 Å². The predicted molar refractivity (Wildman–Crippen MR) is 78.6 cm³/mol. The van der Waals surface area contributed by atoms with Crippen molar-refractivity contribution in [1.29, 1.82) is 0 Å². The molecule has 5 heteroatoms. The monoisotopic (exact) mass is 271 g/mol. The fourth-order valence-corrected chi connectivity index (χ4v) is 1.73. The number of hydrogen-bond acceptors (Lipinski definition) is 3. The second-order valence-electron chi connectivity index (χ2n) is 5.95. The molecule has 0 aromatic carbocycles. The van der Waals surface area contributed by atoms with Crippen LogP contribution in [0.2, 0.25) is 0 Å². The summed E-state index contributed by atoms with van der Waals surface area (Å²) in [5, 5.41) is 6.58. The van der Waals surface area contributed by atoms with Crippen LogP contribution in [0.5, 0.6) is 0 Å². The highest BCUT2D eigenvalue weighted by atomic mass is 16.5. The smallest absolute Gasteiger partial charge is 0.191 e. The zero-order valence-corrected chi connectivity index (χ0v) is 12.8. The summed E-state index contributed by atoms with van der Waals surface area (Å²) < 4.78 is 10.8. The molecule has 0 unspecified atom stereocenters. The number of aliphatic imine (C=N–C) groups is 1. The van der Waals surface area contributed by atoms with Crippen LogP contribution in [0.3, 0.4) is 0 Å². The third-order valence-corrected chi connectivity index (χ3v) is 3.19. The third-order valence-electron chi connectivity index (χ3n) is 3.19. The Kier molecular flexibility index (Phi) is 7.16. The van der Waals surface area contributed by atoms with Gasteiger partial charge in [0, 0.05) is 32.2 Å². The van der Waals surface area contributed by atoms with Gasteiger partial charge in [-0.3, -0.25) is 4.99 Å². The second-order valence-corrected chi connectivity index (χ2v) is 5.95. The number of hydrogen-bond donors (Lipinski definition) is 2. The van der Waals surface area contributed by atoms with Crippen LogP contribution in [0, 0.1) is 11.3 Å². The van der Waals surface area contributed by atoms with E-state index >= 15 is 0 Å². The first-order valence-electron chi connectivity index (χ1n) is 7.16. The summed E-state index contributed by atoms with van der Waals surface area (Å²) in [6, 6.07) is 0.